The molecule has 144 valence electrons. The van der Waals surface area contributed by atoms with E-state index in [1.807, 2.05) is 72.8 Å². The fourth-order valence-electron chi connectivity index (χ4n) is 3.40. The van der Waals surface area contributed by atoms with Gasteiger partial charge in [0.05, 0.1) is 5.92 Å². The molecule has 3 rings (SSSR count). The number of nitrogens with zero attached hydrogens (tertiary/aromatic N) is 1. The van der Waals surface area contributed by atoms with Crippen molar-refractivity contribution in [2.75, 3.05) is 18.4 Å². The summed E-state index contributed by atoms with van der Waals surface area (Å²) in [5, 5.41) is 3.09. The second-order valence-electron chi connectivity index (χ2n) is 6.90. The van der Waals surface area contributed by atoms with Crippen LogP contribution in [0.1, 0.15) is 36.5 Å². The largest absolute Gasteiger partial charge is 0.325 e. The molecule has 0 aromatic heterocycles. The molecule has 1 amide bonds. The van der Waals surface area contributed by atoms with Crippen molar-refractivity contribution in [3.63, 3.8) is 0 Å². The quantitative estimate of drug-likeness (QED) is 0.582. The van der Waals surface area contributed by atoms with Crippen molar-refractivity contribution >= 4 is 11.6 Å². The zero-order valence-electron chi connectivity index (χ0n) is 16.6. The van der Waals surface area contributed by atoms with E-state index in [0.29, 0.717) is 0 Å². The summed E-state index contributed by atoms with van der Waals surface area (Å²) in [6.45, 7) is 7.34. The van der Waals surface area contributed by atoms with E-state index in [1.165, 1.54) is 5.56 Å². The number of carbonyl (C=O) groups is 1. The summed E-state index contributed by atoms with van der Waals surface area (Å²) in [7, 11) is 0. The minimum absolute atomic E-state index is 0.0195. The van der Waals surface area contributed by atoms with Crippen molar-refractivity contribution in [2.24, 2.45) is 0 Å². The highest BCUT2D eigenvalue weighted by molar-refractivity contribution is 5.98. The van der Waals surface area contributed by atoms with Gasteiger partial charge < -0.3 is 5.32 Å². The van der Waals surface area contributed by atoms with E-state index in [4.69, 9.17) is 0 Å². The molecule has 1 N–H and O–H groups in total. The molecule has 0 fully saturated rings. The van der Waals surface area contributed by atoms with Gasteiger partial charge in [-0.2, -0.15) is 0 Å². The van der Waals surface area contributed by atoms with E-state index in [9.17, 15) is 4.79 Å². The first kappa shape index (κ1) is 19.8. The van der Waals surface area contributed by atoms with Gasteiger partial charge in [-0.1, -0.05) is 86.6 Å². The van der Waals surface area contributed by atoms with Crippen LogP contribution >= 0.6 is 0 Å². The molecule has 0 heterocycles. The van der Waals surface area contributed by atoms with Gasteiger partial charge in [0.15, 0.2) is 0 Å². The smallest absolute Gasteiger partial charge is 0.236 e. The number of hydrogen-bond acceptors (Lipinski definition) is 2. The topological polar surface area (TPSA) is 32.3 Å². The van der Waals surface area contributed by atoms with Crippen LogP contribution in [0, 0.1) is 0 Å². The Hall–Kier alpha value is -2.91. The number of carbonyl (C=O) groups excluding carboxylic acids is 1. The maximum Gasteiger partial charge on any atom is 0.236 e. The zero-order valence-corrected chi connectivity index (χ0v) is 16.6. The van der Waals surface area contributed by atoms with Gasteiger partial charge in [0, 0.05) is 12.2 Å². The average Bonchev–Trinajstić information content (AvgIpc) is 2.75. The summed E-state index contributed by atoms with van der Waals surface area (Å²) in [6.07, 6.45) is 0. The average molecular weight is 373 g/mol. The van der Waals surface area contributed by atoms with E-state index in [0.717, 1.165) is 36.4 Å². The lowest BCUT2D eigenvalue weighted by molar-refractivity contribution is -0.116. The van der Waals surface area contributed by atoms with Crippen LogP contribution in [0.25, 0.3) is 0 Å². The lowest BCUT2D eigenvalue weighted by Crippen LogP contribution is -2.23. The van der Waals surface area contributed by atoms with Crippen molar-refractivity contribution in [3.8, 4) is 0 Å². The minimum Gasteiger partial charge on any atom is -0.325 e. The Kier molecular flexibility index (Phi) is 6.99. The third-order valence-corrected chi connectivity index (χ3v) is 5.05. The van der Waals surface area contributed by atoms with Gasteiger partial charge in [0.2, 0.25) is 5.91 Å². The predicted octanol–water partition coefficient (Wildman–Crippen LogP) is 5.30. The molecule has 0 spiro atoms. The van der Waals surface area contributed by atoms with E-state index >= 15 is 0 Å². The van der Waals surface area contributed by atoms with Crippen LogP contribution in [0.3, 0.4) is 0 Å². The Morgan fingerprint density at radius 1 is 0.786 bits per heavy atom. The summed E-state index contributed by atoms with van der Waals surface area (Å²) in [6, 6.07) is 28.0. The Morgan fingerprint density at radius 3 is 1.75 bits per heavy atom. The highest BCUT2D eigenvalue weighted by atomic mass is 16.1. The molecular weight excluding hydrogens is 344 g/mol. The van der Waals surface area contributed by atoms with Crippen LogP contribution in [-0.2, 0) is 11.3 Å². The number of hydrogen-bond donors (Lipinski definition) is 1. The standard InChI is InChI=1S/C25H28N2O/c1-3-27(4-2)19-20-15-17-23(18-16-20)26-25(28)24(21-11-7-5-8-12-21)22-13-9-6-10-14-22/h5-18,24H,3-4,19H2,1-2H3,(H,26,28). The maximum atomic E-state index is 13.1. The van der Waals surface area contributed by atoms with Gasteiger partial charge >= 0.3 is 0 Å². The predicted molar refractivity (Wildman–Crippen MR) is 116 cm³/mol. The van der Waals surface area contributed by atoms with Crippen molar-refractivity contribution in [1.29, 1.82) is 0 Å². The summed E-state index contributed by atoms with van der Waals surface area (Å²) in [5.41, 5.74) is 4.06. The normalized spacial score (nSPS) is 11.0. The lowest BCUT2D eigenvalue weighted by Gasteiger charge is -2.19. The van der Waals surface area contributed by atoms with Gasteiger partial charge in [-0.3, -0.25) is 9.69 Å². The molecule has 0 aliphatic heterocycles. The second-order valence-corrected chi connectivity index (χ2v) is 6.90. The Bertz CT molecular complexity index is 817. The maximum absolute atomic E-state index is 13.1. The van der Waals surface area contributed by atoms with E-state index < -0.39 is 0 Å². The molecule has 0 saturated carbocycles. The monoisotopic (exact) mass is 372 g/mol. The minimum atomic E-state index is -0.335. The summed E-state index contributed by atoms with van der Waals surface area (Å²) >= 11 is 0. The lowest BCUT2D eigenvalue weighted by atomic mass is 9.90. The van der Waals surface area contributed by atoms with Crippen molar-refractivity contribution in [1.82, 2.24) is 4.90 Å². The van der Waals surface area contributed by atoms with Crippen molar-refractivity contribution in [3.05, 3.63) is 102 Å². The molecule has 3 nitrogen and oxygen atoms in total. The first-order valence-corrected chi connectivity index (χ1v) is 9.93. The molecule has 0 radical (unpaired) electrons. The van der Waals surface area contributed by atoms with Gasteiger partial charge in [-0.15, -0.1) is 0 Å². The van der Waals surface area contributed by atoms with Crippen LogP contribution in [0.4, 0.5) is 5.69 Å². The van der Waals surface area contributed by atoms with E-state index in [1.54, 1.807) is 0 Å². The molecule has 28 heavy (non-hydrogen) atoms. The SMILES string of the molecule is CCN(CC)Cc1ccc(NC(=O)C(c2ccccc2)c2ccccc2)cc1. The number of benzene rings is 3. The molecule has 0 aliphatic carbocycles. The fourth-order valence-corrected chi connectivity index (χ4v) is 3.40. The van der Waals surface area contributed by atoms with Crippen molar-refractivity contribution < 1.29 is 4.79 Å². The van der Waals surface area contributed by atoms with Gasteiger partial charge in [0.1, 0.15) is 0 Å². The molecule has 3 heteroatoms. The van der Waals surface area contributed by atoms with Crippen LogP contribution in [0.2, 0.25) is 0 Å². The molecular formula is C25H28N2O. The number of anilines is 1. The summed E-state index contributed by atoms with van der Waals surface area (Å²) in [5.74, 6) is -0.355. The molecule has 0 bridgehead atoms. The number of nitrogens with one attached hydrogen (secondary N) is 1. The summed E-state index contributed by atoms with van der Waals surface area (Å²) < 4.78 is 0. The van der Waals surface area contributed by atoms with Crippen LogP contribution in [-0.4, -0.2) is 23.9 Å². The van der Waals surface area contributed by atoms with E-state index in [2.05, 4.69) is 36.2 Å². The van der Waals surface area contributed by atoms with Crippen LogP contribution in [0.15, 0.2) is 84.9 Å². The fraction of sp³-hybridized carbons (Fsp3) is 0.240. The second kappa shape index (κ2) is 9.86. The molecule has 0 saturated heterocycles. The first-order valence-electron chi connectivity index (χ1n) is 9.93. The Morgan fingerprint density at radius 2 is 1.29 bits per heavy atom. The van der Waals surface area contributed by atoms with Gasteiger partial charge in [0.25, 0.3) is 0 Å². The van der Waals surface area contributed by atoms with E-state index in [-0.39, 0.29) is 11.8 Å². The highest BCUT2D eigenvalue weighted by Gasteiger charge is 2.22. The summed E-state index contributed by atoms with van der Waals surface area (Å²) in [4.78, 5) is 15.5. The van der Waals surface area contributed by atoms with Crippen LogP contribution in [0.5, 0.6) is 0 Å². The first-order chi connectivity index (χ1) is 13.7. The molecule has 3 aromatic rings. The van der Waals surface area contributed by atoms with Crippen LogP contribution < -0.4 is 5.32 Å². The number of rotatable bonds is 8. The molecule has 3 aromatic carbocycles. The zero-order chi connectivity index (χ0) is 19.8. The van der Waals surface area contributed by atoms with Gasteiger partial charge in [-0.05, 0) is 41.9 Å². The Labute approximate surface area is 168 Å². The molecule has 0 unspecified atom stereocenters. The third kappa shape index (κ3) is 5.08. The number of amides is 1. The highest BCUT2D eigenvalue weighted by Crippen LogP contribution is 2.26. The van der Waals surface area contributed by atoms with Gasteiger partial charge in [-0.25, -0.2) is 0 Å². The van der Waals surface area contributed by atoms with Crippen molar-refractivity contribution in [2.45, 2.75) is 26.3 Å². The Balaban J connectivity index is 1.77. The third-order valence-electron chi connectivity index (χ3n) is 5.05. The molecule has 0 aliphatic rings. The molecule has 0 atom stereocenters.